The fraction of sp³-hybridized carbons (Fsp3) is 0.545. The van der Waals surface area contributed by atoms with E-state index in [0.717, 1.165) is 32.1 Å². The first kappa shape index (κ1) is 21.1. The second-order valence-electron chi connectivity index (χ2n) is 8.21. The van der Waals surface area contributed by atoms with Crippen molar-refractivity contribution in [1.82, 2.24) is 15.5 Å². The predicted octanol–water partition coefficient (Wildman–Crippen LogP) is 2.72. The van der Waals surface area contributed by atoms with Crippen LogP contribution < -0.4 is 19.7 Å². The lowest BCUT2D eigenvalue weighted by molar-refractivity contribution is -0.128. The fourth-order valence-electron chi connectivity index (χ4n) is 4.52. The third kappa shape index (κ3) is 4.08. The number of benzene rings is 1. The van der Waals surface area contributed by atoms with Crippen LogP contribution in [0.4, 0.5) is 5.69 Å². The van der Waals surface area contributed by atoms with E-state index >= 15 is 0 Å². The molecule has 1 aliphatic heterocycles. The molecule has 166 valence electrons. The van der Waals surface area contributed by atoms with E-state index in [4.69, 9.17) is 14.0 Å². The molecule has 2 heterocycles. The molecule has 2 aromatic rings. The van der Waals surface area contributed by atoms with Crippen LogP contribution in [0.5, 0.6) is 11.5 Å². The number of nitrogens with zero attached hydrogens (tertiary/aromatic N) is 3. The van der Waals surface area contributed by atoms with Crippen molar-refractivity contribution >= 4 is 17.5 Å². The first-order valence-electron chi connectivity index (χ1n) is 10.6. The highest BCUT2D eigenvalue weighted by Crippen LogP contribution is 2.37. The highest BCUT2D eigenvalue weighted by atomic mass is 16.5. The first-order chi connectivity index (χ1) is 15.0. The molecule has 2 aliphatic rings. The van der Waals surface area contributed by atoms with Gasteiger partial charge in [-0.1, -0.05) is 24.4 Å². The van der Waals surface area contributed by atoms with Gasteiger partial charge in [0.05, 0.1) is 20.1 Å². The monoisotopic (exact) mass is 428 g/mol. The minimum atomic E-state index is -0.632. The molecule has 31 heavy (non-hydrogen) atoms. The molecule has 1 aromatic carbocycles. The van der Waals surface area contributed by atoms with Crippen molar-refractivity contribution in [3.05, 3.63) is 29.9 Å². The number of methoxy groups -OCH3 is 2. The molecule has 2 amide bonds. The van der Waals surface area contributed by atoms with E-state index in [1.54, 1.807) is 44.2 Å². The second kappa shape index (κ2) is 8.56. The van der Waals surface area contributed by atoms with E-state index < -0.39 is 11.5 Å². The van der Waals surface area contributed by atoms with Crippen LogP contribution in [0.15, 0.2) is 22.7 Å². The molecule has 1 aliphatic carbocycles. The molecular formula is C22H28N4O5. The number of amides is 2. The molecular weight excluding hydrogens is 400 g/mol. The lowest BCUT2D eigenvalue weighted by Crippen LogP contribution is -2.50. The van der Waals surface area contributed by atoms with Crippen molar-refractivity contribution in [2.45, 2.75) is 51.0 Å². The number of rotatable bonds is 6. The largest absolute Gasteiger partial charge is 0.493 e. The van der Waals surface area contributed by atoms with E-state index in [1.165, 1.54) is 0 Å². The topological polar surface area (TPSA) is 107 Å². The Labute approximate surface area is 181 Å². The third-order valence-electron chi connectivity index (χ3n) is 6.20. The summed E-state index contributed by atoms with van der Waals surface area (Å²) in [7, 11) is 3.11. The van der Waals surface area contributed by atoms with E-state index in [0.29, 0.717) is 35.4 Å². The molecule has 1 saturated heterocycles. The van der Waals surface area contributed by atoms with Crippen LogP contribution in [-0.4, -0.2) is 42.7 Å². The number of anilines is 1. The summed E-state index contributed by atoms with van der Waals surface area (Å²) in [6.45, 7) is 2.05. The Hall–Kier alpha value is -3.10. The molecule has 0 bridgehead atoms. The van der Waals surface area contributed by atoms with Crippen LogP contribution in [0.2, 0.25) is 0 Å². The highest BCUT2D eigenvalue weighted by Gasteiger charge is 2.43. The number of nitrogens with one attached hydrogen (secondary N) is 1. The summed E-state index contributed by atoms with van der Waals surface area (Å²) >= 11 is 0. The predicted molar refractivity (Wildman–Crippen MR) is 112 cm³/mol. The average Bonchev–Trinajstić information content (AvgIpc) is 3.40. The number of carbonyl (C=O) groups is 2. The van der Waals surface area contributed by atoms with Gasteiger partial charge in [0.15, 0.2) is 17.3 Å². The second-order valence-corrected chi connectivity index (χ2v) is 8.21. The molecule has 2 fully saturated rings. The smallest absolute Gasteiger partial charge is 0.227 e. The van der Waals surface area contributed by atoms with Gasteiger partial charge in [0.1, 0.15) is 5.54 Å². The van der Waals surface area contributed by atoms with Crippen molar-refractivity contribution in [1.29, 1.82) is 0 Å². The molecule has 1 N–H and O–H groups in total. The zero-order valence-electron chi connectivity index (χ0n) is 18.1. The zero-order valence-corrected chi connectivity index (χ0v) is 18.1. The van der Waals surface area contributed by atoms with Crippen molar-refractivity contribution in [2.75, 3.05) is 25.7 Å². The summed E-state index contributed by atoms with van der Waals surface area (Å²) in [5.41, 5.74) is 0.0477. The molecule has 9 heteroatoms. The third-order valence-corrected chi connectivity index (χ3v) is 6.20. The molecule has 1 saturated carbocycles. The average molecular weight is 428 g/mol. The Kier molecular flexibility index (Phi) is 5.84. The Bertz CT molecular complexity index is 967. The number of aryl methyl sites for hydroxylation is 1. The molecule has 1 unspecified atom stereocenters. The van der Waals surface area contributed by atoms with E-state index in [2.05, 4.69) is 15.5 Å². The molecule has 9 nitrogen and oxygen atoms in total. The normalized spacial score (nSPS) is 20.5. The Morgan fingerprint density at radius 3 is 2.58 bits per heavy atom. The van der Waals surface area contributed by atoms with Crippen LogP contribution in [-0.2, 0) is 15.1 Å². The van der Waals surface area contributed by atoms with E-state index in [-0.39, 0.29) is 18.2 Å². The highest BCUT2D eigenvalue weighted by molar-refractivity contribution is 6.00. The van der Waals surface area contributed by atoms with Crippen LogP contribution in [0, 0.1) is 12.8 Å². The number of ether oxygens (including phenoxy) is 2. The van der Waals surface area contributed by atoms with Gasteiger partial charge in [-0.05, 0) is 25.0 Å². The SMILES string of the molecule is COc1ccc(N2CC(C(=O)NC3(c4noc(C)n4)CCCCC3)CC2=O)cc1OC. The van der Waals surface area contributed by atoms with Crippen LogP contribution in [0.25, 0.3) is 0 Å². The Morgan fingerprint density at radius 1 is 1.19 bits per heavy atom. The minimum Gasteiger partial charge on any atom is -0.493 e. The van der Waals surface area contributed by atoms with E-state index in [1.807, 2.05) is 0 Å². The summed E-state index contributed by atoms with van der Waals surface area (Å²) in [5, 5.41) is 7.29. The van der Waals surface area contributed by atoms with Gasteiger partial charge < -0.3 is 24.2 Å². The maximum atomic E-state index is 13.2. The van der Waals surface area contributed by atoms with Gasteiger partial charge in [0.25, 0.3) is 0 Å². The van der Waals surface area contributed by atoms with Crippen molar-refractivity contribution in [3.63, 3.8) is 0 Å². The Morgan fingerprint density at radius 2 is 1.94 bits per heavy atom. The first-order valence-corrected chi connectivity index (χ1v) is 10.6. The van der Waals surface area contributed by atoms with Gasteiger partial charge in [0.2, 0.25) is 17.7 Å². The maximum Gasteiger partial charge on any atom is 0.227 e. The lowest BCUT2D eigenvalue weighted by atomic mass is 9.80. The number of hydrogen-bond acceptors (Lipinski definition) is 7. The molecule has 0 radical (unpaired) electrons. The van der Waals surface area contributed by atoms with Gasteiger partial charge in [0, 0.05) is 31.6 Å². The van der Waals surface area contributed by atoms with Gasteiger partial charge in [-0.25, -0.2) is 0 Å². The van der Waals surface area contributed by atoms with Gasteiger partial charge in [-0.3, -0.25) is 9.59 Å². The lowest BCUT2D eigenvalue weighted by Gasteiger charge is -2.36. The van der Waals surface area contributed by atoms with Crippen molar-refractivity contribution in [2.24, 2.45) is 5.92 Å². The number of aromatic nitrogens is 2. The molecule has 1 atom stereocenters. The molecule has 4 rings (SSSR count). The quantitative estimate of drug-likeness (QED) is 0.754. The summed E-state index contributed by atoms with van der Waals surface area (Å²) in [5.74, 6) is 1.42. The summed E-state index contributed by atoms with van der Waals surface area (Å²) in [4.78, 5) is 32.0. The standard InChI is InChI=1S/C22H28N4O5/c1-14-23-21(25-31-14)22(9-5-4-6-10-22)24-20(28)15-11-19(27)26(13-15)16-7-8-17(29-2)18(12-16)30-3/h7-8,12,15H,4-6,9-11,13H2,1-3H3,(H,24,28). The molecule has 0 spiro atoms. The van der Waals surface area contributed by atoms with Gasteiger partial charge in [-0.15, -0.1) is 0 Å². The van der Waals surface area contributed by atoms with Gasteiger partial charge >= 0.3 is 0 Å². The number of hydrogen-bond donors (Lipinski definition) is 1. The fourth-order valence-corrected chi connectivity index (χ4v) is 4.52. The van der Waals surface area contributed by atoms with Crippen LogP contribution in [0.1, 0.15) is 50.2 Å². The number of carbonyl (C=O) groups excluding carboxylic acids is 2. The van der Waals surface area contributed by atoms with Gasteiger partial charge in [-0.2, -0.15) is 4.98 Å². The zero-order chi connectivity index (χ0) is 22.0. The summed E-state index contributed by atoms with van der Waals surface area (Å²) in [6, 6.07) is 5.30. The van der Waals surface area contributed by atoms with Crippen LogP contribution >= 0.6 is 0 Å². The Balaban J connectivity index is 1.51. The van der Waals surface area contributed by atoms with Crippen molar-refractivity contribution < 1.29 is 23.6 Å². The van der Waals surface area contributed by atoms with Crippen LogP contribution in [0.3, 0.4) is 0 Å². The molecule has 1 aromatic heterocycles. The summed E-state index contributed by atoms with van der Waals surface area (Å²) < 4.78 is 15.8. The summed E-state index contributed by atoms with van der Waals surface area (Å²) in [6.07, 6.45) is 4.75. The van der Waals surface area contributed by atoms with E-state index in [9.17, 15) is 9.59 Å². The maximum absolute atomic E-state index is 13.2. The van der Waals surface area contributed by atoms with Crippen molar-refractivity contribution in [3.8, 4) is 11.5 Å². The minimum absolute atomic E-state index is 0.0968.